The van der Waals surface area contributed by atoms with Crippen LogP contribution in [0.15, 0.2) is 30.9 Å². The minimum Gasteiger partial charge on any atom is -0.508 e. The summed E-state index contributed by atoms with van der Waals surface area (Å²) in [6.07, 6.45) is 6.21. The number of ether oxygens (including phenoxy) is 2. The number of carbonyl (C=O) groups excluding carboxylic acids is 1. The molecule has 4 heterocycles. The first-order valence-corrected chi connectivity index (χ1v) is 15.5. The number of rotatable bonds is 8. The summed E-state index contributed by atoms with van der Waals surface area (Å²) in [6, 6.07) is 8.37. The lowest BCUT2D eigenvalue weighted by molar-refractivity contribution is -0.128. The first-order valence-electron chi connectivity index (χ1n) is 15.5. The van der Waals surface area contributed by atoms with Gasteiger partial charge in [-0.05, 0) is 43.4 Å². The molecule has 1 aliphatic carbocycles. The summed E-state index contributed by atoms with van der Waals surface area (Å²) in [5.41, 5.74) is 4.53. The molecule has 1 amide bonds. The number of anilines is 2. The SMILES string of the molecule is C=CC(=O)N1CCN(c2nc(OCCN3CCOCC3)nc3c2CCC(N2CCCc4ccc(O)cc42)C3)C[C@@H]1CC#N. The van der Waals surface area contributed by atoms with Gasteiger partial charge in [0.25, 0.3) is 0 Å². The van der Waals surface area contributed by atoms with Crippen molar-refractivity contribution in [3.05, 3.63) is 47.7 Å². The topological polar surface area (TPSA) is 118 Å². The van der Waals surface area contributed by atoms with Gasteiger partial charge in [0.05, 0.1) is 37.4 Å². The molecule has 1 aromatic carbocycles. The second-order valence-corrected chi connectivity index (χ2v) is 11.8. The number of aryl methyl sites for hydroxylation is 1. The van der Waals surface area contributed by atoms with Crippen LogP contribution in [0.25, 0.3) is 0 Å². The van der Waals surface area contributed by atoms with E-state index in [1.54, 1.807) is 11.0 Å². The van der Waals surface area contributed by atoms with Gasteiger partial charge in [0.2, 0.25) is 5.91 Å². The second-order valence-electron chi connectivity index (χ2n) is 11.8. The molecule has 3 aliphatic heterocycles. The van der Waals surface area contributed by atoms with Crippen molar-refractivity contribution in [3.8, 4) is 17.8 Å². The number of hydrogen-bond donors (Lipinski definition) is 1. The maximum atomic E-state index is 12.5. The number of fused-ring (bicyclic) bond motifs is 2. The quantitative estimate of drug-likeness (QED) is 0.461. The molecule has 2 atom stereocenters. The molecule has 2 aromatic rings. The van der Waals surface area contributed by atoms with Gasteiger partial charge in [-0.15, -0.1) is 0 Å². The van der Waals surface area contributed by atoms with Gasteiger partial charge >= 0.3 is 6.01 Å². The Labute approximate surface area is 253 Å². The van der Waals surface area contributed by atoms with Gasteiger partial charge in [0.1, 0.15) is 18.2 Å². The van der Waals surface area contributed by atoms with Crippen LogP contribution in [0.4, 0.5) is 11.5 Å². The average Bonchev–Trinajstić information content (AvgIpc) is 3.04. The molecule has 6 rings (SSSR count). The molecule has 1 aromatic heterocycles. The highest BCUT2D eigenvalue weighted by Crippen LogP contribution is 2.38. The third-order valence-electron chi connectivity index (χ3n) is 9.18. The Kier molecular flexibility index (Phi) is 8.95. The van der Waals surface area contributed by atoms with Crippen molar-refractivity contribution < 1.29 is 19.4 Å². The van der Waals surface area contributed by atoms with E-state index in [2.05, 4.69) is 27.3 Å². The highest BCUT2D eigenvalue weighted by Gasteiger charge is 2.35. The molecule has 4 aliphatic rings. The molecule has 11 nitrogen and oxygen atoms in total. The van der Waals surface area contributed by atoms with E-state index in [1.165, 1.54) is 11.6 Å². The number of aromatic nitrogens is 2. The number of piperazine rings is 1. The Bertz CT molecular complexity index is 1370. The number of phenols is 1. The molecule has 43 heavy (non-hydrogen) atoms. The van der Waals surface area contributed by atoms with Gasteiger partial charge in [-0.1, -0.05) is 12.6 Å². The Morgan fingerprint density at radius 2 is 2.05 bits per heavy atom. The number of phenolic OH excluding ortho intramolecular Hbond substituents is 1. The molecular formula is C32H41N7O4. The van der Waals surface area contributed by atoms with Crippen molar-refractivity contribution in [1.82, 2.24) is 19.8 Å². The van der Waals surface area contributed by atoms with Crippen LogP contribution >= 0.6 is 0 Å². The highest BCUT2D eigenvalue weighted by molar-refractivity contribution is 5.87. The predicted molar refractivity (Wildman–Crippen MR) is 163 cm³/mol. The lowest BCUT2D eigenvalue weighted by Gasteiger charge is -2.43. The number of benzene rings is 1. The zero-order valence-electron chi connectivity index (χ0n) is 24.8. The first-order chi connectivity index (χ1) is 21.0. The van der Waals surface area contributed by atoms with Crippen molar-refractivity contribution >= 4 is 17.4 Å². The van der Waals surface area contributed by atoms with Crippen LogP contribution < -0.4 is 14.5 Å². The lowest BCUT2D eigenvalue weighted by atomic mass is 9.88. The maximum absolute atomic E-state index is 12.5. The van der Waals surface area contributed by atoms with E-state index in [-0.39, 0.29) is 24.4 Å². The zero-order chi connectivity index (χ0) is 29.8. The van der Waals surface area contributed by atoms with Crippen LogP contribution in [0.1, 0.15) is 36.1 Å². The molecule has 2 fully saturated rings. The summed E-state index contributed by atoms with van der Waals surface area (Å²) in [7, 11) is 0. The van der Waals surface area contributed by atoms with E-state index in [1.807, 2.05) is 12.1 Å². The van der Waals surface area contributed by atoms with E-state index >= 15 is 0 Å². The van der Waals surface area contributed by atoms with Crippen molar-refractivity contribution in [3.63, 3.8) is 0 Å². The normalized spacial score (nSPS) is 22.3. The number of morpholine rings is 1. The van der Waals surface area contributed by atoms with Crippen molar-refractivity contribution in [2.75, 3.05) is 75.4 Å². The van der Waals surface area contributed by atoms with Gasteiger partial charge in [0.15, 0.2) is 0 Å². The van der Waals surface area contributed by atoms with Crippen LogP contribution in [-0.4, -0.2) is 108 Å². The maximum Gasteiger partial charge on any atom is 0.318 e. The fraction of sp³-hybridized carbons (Fsp3) is 0.562. The Morgan fingerprint density at radius 1 is 1.19 bits per heavy atom. The summed E-state index contributed by atoms with van der Waals surface area (Å²) in [4.78, 5) is 31.2. The minimum absolute atomic E-state index is 0.146. The third-order valence-corrected chi connectivity index (χ3v) is 9.18. The summed E-state index contributed by atoms with van der Waals surface area (Å²) in [6.45, 7) is 10.8. The van der Waals surface area contributed by atoms with Crippen LogP contribution in [0.3, 0.4) is 0 Å². The molecule has 0 spiro atoms. The largest absolute Gasteiger partial charge is 0.508 e. The average molecular weight is 588 g/mol. The van der Waals surface area contributed by atoms with Crippen LogP contribution in [-0.2, 0) is 28.8 Å². The third kappa shape index (κ3) is 6.40. The zero-order valence-corrected chi connectivity index (χ0v) is 24.8. The Hall–Kier alpha value is -3.88. The highest BCUT2D eigenvalue weighted by atomic mass is 16.5. The van der Waals surface area contributed by atoms with E-state index in [0.29, 0.717) is 38.0 Å². The number of nitrogens with zero attached hydrogens (tertiary/aromatic N) is 7. The smallest absolute Gasteiger partial charge is 0.318 e. The molecule has 0 bridgehead atoms. The number of hydrogen-bond acceptors (Lipinski definition) is 10. The van der Waals surface area contributed by atoms with E-state index in [4.69, 9.17) is 19.4 Å². The van der Waals surface area contributed by atoms with E-state index in [0.717, 1.165) is 94.3 Å². The summed E-state index contributed by atoms with van der Waals surface area (Å²) >= 11 is 0. The molecule has 0 saturated carbocycles. The van der Waals surface area contributed by atoms with Crippen molar-refractivity contribution in [2.45, 2.75) is 50.6 Å². The number of aromatic hydroxyl groups is 1. The lowest BCUT2D eigenvalue weighted by Crippen LogP contribution is -2.55. The van der Waals surface area contributed by atoms with E-state index < -0.39 is 0 Å². The van der Waals surface area contributed by atoms with E-state index in [9.17, 15) is 15.2 Å². The molecule has 11 heteroatoms. The fourth-order valence-corrected chi connectivity index (χ4v) is 6.94. The molecule has 2 saturated heterocycles. The number of nitriles is 1. The first kappa shape index (κ1) is 29.2. The van der Waals surface area contributed by atoms with Crippen LogP contribution in [0.5, 0.6) is 11.8 Å². The van der Waals surface area contributed by atoms with Crippen LogP contribution in [0.2, 0.25) is 0 Å². The van der Waals surface area contributed by atoms with Gasteiger partial charge in [-0.3, -0.25) is 9.69 Å². The monoisotopic (exact) mass is 587 g/mol. The van der Waals surface area contributed by atoms with Gasteiger partial charge < -0.3 is 29.3 Å². The molecule has 1 unspecified atom stereocenters. The standard InChI is InChI=1S/C32H41N7O4/c1-2-30(41)39-13-12-37(22-25(39)9-10-33)31-27-8-6-24(38-11-3-4-23-5-7-26(40)21-29(23)38)20-28(27)34-32(35-31)43-19-16-36-14-17-42-18-15-36/h2,5,7,21,24-25,40H,1,3-4,6,8-9,11-20,22H2/t24?,25-/m0/s1. The molecule has 228 valence electrons. The molecular weight excluding hydrogens is 546 g/mol. The Balaban J connectivity index is 1.27. The van der Waals surface area contributed by atoms with Gasteiger partial charge in [0, 0.05) is 75.6 Å². The summed E-state index contributed by atoms with van der Waals surface area (Å²) in [5.74, 6) is 1.01. The van der Waals surface area contributed by atoms with Crippen molar-refractivity contribution in [2.24, 2.45) is 0 Å². The summed E-state index contributed by atoms with van der Waals surface area (Å²) in [5, 5.41) is 19.8. The van der Waals surface area contributed by atoms with Crippen molar-refractivity contribution in [1.29, 1.82) is 5.26 Å². The number of amides is 1. The predicted octanol–water partition coefficient (Wildman–Crippen LogP) is 2.32. The second kappa shape index (κ2) is 13.2. The fourth-order valence-electron chi connectivity index (χ4n) is 6.94. The Morgan fingerprint density at radius 3 is 2.86 bits per heavy atom. The molecule has 0 radical (unpaired) electrons. The summed E-state index contributed by atoms with van der Waals surface area (Å²) < 4.78 is 11.7. The van der Waals surface area contributed by atoms with Crippen LogP contribution in [0, 0.1) is 11.3 Å². The number of carbonyl (C=O) groups is 1. The molecule has 1 N–H and O–H groups in total. The van der Waals surface area contributed by atoms with Gasteiger partial charge in [-0.25, -0.2) is 0 Å². The van der Waals surface area contributed by atoms with Gasteiger partial charge in [-0.2, -0.15) is 15.2 Å². The minimum atomic E-state index is -0.241.